The van der Waals surface area contributed by atoms with Crippen molar-refractivity contribution in [1.82, 2.24) is 0 Å². The first-order valence-corrected chi connectivity index (χ1v) is 11.5. The van der Waals surface area contributed by atoms with Gasteiger partial charge in [0.1, 0.15) is 12.2 Å². The number of hydrogen-bond donors (Lipinski definition) is 1. The van der Waals surface area contributed by atoms with Crippen LogP contribution in [0.15, 0.2) is 42.5 Å². The number of aliphatic hydroxyl groups excluding tert-OH is 1. The van der Waals surface area contributed by atoms with Crippen molar-refractivity contribution in [3.05, 3.63) is 48.0 Å². The van der Waals surface area contributed by atoms with Crippen molar-refractivity contribution in [2.45, 2.75) is 64.6 Å². The molecule has 0 amide bonds. The van der Waals surface area contributed by atoms with Crippen molar-refractivity contribution in [3.8, 4) is 0 Å². The molecule has 4 heteroatoms. The Morgan fingerprint density at radius 2 is 1.73 bits per heavy atom. The number of carbonyl (C=O) groups excluding carboxylic acids is 2. The molecule has 160 valence electrons. The predicted octanol–water partition coefficient (Wildman–Crippen LogP) is 4.57. The predicted molar refractivity (Wildman–Crippen MR) is 114 cm³/mol. The van der Waals surface area contributed by atoms with E-state index in [2.05, 4.69) is 19.9 Å². The van der Waals surface area contributed by atoms with E-state index in [0.717, 1.165) is 38.5 Å². The topological polar surface area (TPSA) is 63.6 Å². The second kappa shape index (κ2) is 7.05. The van der Waals surface area contributed by atoms with E-state index >= 15 is 0 Å². The molecule has 8 atom stereocenters. The van der Waals surface area contributed by atoms with Crippen LogP contribution >= 0.6 is 0 Å². The van der Waals surface area contributed by atoms with Crippen LogP contribution in [0.25, 0.3) is 0 Å². The minimum Gasteiger partial charge on any atom is -0.458 e. The maximum atomic E-state index is 12.7. The third-order valence-electron chi connectivity index (χ3n) is 9.30. The Bertz CT molecular complexity index is 876. The fourth-order valence-corrected chi connectivity index (χ4v) is 7.64. The number of ether oxygens (including phenoxy) is 1. The zero-order valence-corrected chi connectivity index (χ0v) is 17.9. The molecule has 5 rings (SSSR count). The maximum Gasteiger partial charge on any atom is 0.338 e. The smallest absolute Gasteiger partial charge is 0.338 e. The first-order chi connectivity index (χ1) is 14.3. The molecule has 0 saturated heterocycles. The number of benzene rings is 1. The van der Waals surface area contributed by atoms with Crippen LogP contribution in [-0.2, 0) is 9.53 Å². The van der Waals surface area contributed by atoms with E-state index < -0.39 is 6.10 Å². The number of carbonyl (C=O) groups is 2. The molecule has 0 aromatic heterocycles. The normalized spacial score (nSPS) is 44.7. The molecule has 3 saturated carbocycles. The van der Waals surface area contributed by atoms with Crippen LogP contribution in [0.5, 0.6) is 0 Å². The van der Waals surface area contributed by atoms with Crippen molar-refractivity contribution in [1.29, 1.82) is 0 Å². The zero-order chi connectivity index (χ0) is 21.1. The summed E-state index contributed by atoms with van der Waals surface area (Å²) < 4.78 is 6.07. The van der Waals surface area contributed by atoms with Gasteiger partial charge in [-0.15, -0.1) is 0 Å². The lowest BCUT2D eigenvalue weighted by molar-refractivity contribution is -0.142. The molecule has 4 aliphatic rings. The van der Waals surface area contributed by atoms with Crippen LogP contribution in [0.2, 0.25) is 0 Å². The van der Waals surface area contributed by atoms with Gasteiger partial charge in [-0.3, -0.25) is 4.79 Å². The van der Waals surface area contributed by atoms with Crippen LogP contribution in [0.1, 0.15) is 62.7 Å². The molecule has 4 nitrogen and oxygen atoms in total. The van der Waals surface area contributed by atoms with Crippen LogP contribution in [-0.4, -0.2) is 29.1 Å². The molecule has 0 aliphatic heterocycles. The minimum absolute atomic E-state index is 0.0155. The monoisotopic (exact) mass is 408 g/mol. The number of rotatable bonds is 2. The molecule has 0 spiro atoms. The summed E-state index contributed by atoms with van der Waals surface area (Å²) >= 11 is 0. The average molecular weight is 409 g/mol. The van der Waals surface area contributed by atoms with Gasteiger partial charge in [-0.2, -0.15) is 0 Å². The highest BCUT2D eigenvalue weighted by Crippen LogP contribution is 2.65. The summed E-state index contributed by atoms with van der Waals surface area (Å²) in [6.07, 6.45) is 8.92. The number of aliphatic hydroxyl groups is 1. The van der Waals surface area contributed by atoms with E-state index in [9.17, 15) is 14.7 Å². The van der Waals surface area contributed by atoms with Crippen LogP contribution in [0.3, 0.4) is 0 Å². The standard InChI is InChI=1S/C26H32O4/c1-25-15-13-21(27)23(28)20(25)9-8-17-18-10-11-22(26(18,2)14-12-19(17)25)30-24(29)16-6-4-3-5-7-16/h3-7,13,15,17-20,22-23,28H,8-12,14H2,1-2H3/t17-,18-,19-,20?,22-,23+,25+,26-/m0/s1. The van der Waals surface area contributed by atoms with Gasteiger partial charge < -0.3 is 9.84 Å². The zero-order valence-electron chi connectivity index (χ0n) is 17.9. The first-order valence-electron chi connectivity index (χ1n) is 11.5. The Labute approximate surface area is 178 Å². The van der Waals surface area contributed by atoms with Crippen LogP contribution in [0.4, 0.5) is 0 Å². The van der Waals surface area contributed by atoms with E-state index in [0.29, 0.717) is 23.3 Å². The van der Waals surface area contributed by atoms with Gasteiger partial charge in [0, 0.05) is 11.3 Å². The van der Waals surface area contributed by atoms with Crippen molar-refractivity contribution in [2.75, 3.05) is 0 Å². The Morgan fingerprint density at radius 3 is 2.50 bits per heavy atom. The third kappa shape index (κ3) is 2.83. The second-order valence-electron chi connectivity index (χ2n) is 10.5. The average Bonchev–Trinajstić information content (AvgIpc) is 3.08. The van der Waals surface area contributed by atoms with E-state index in [4.69, 9.17) is 4.74 Å². The molecular formula is C26H32O4. The Balaban J connectivity index is 1.37. The molecular weight excluding hydrogens is 376 g/mol. The van der Waals surface area contributed by atoms with E-state index in [-0.39, 0.29) is 34.6 Å². The van der Waals surface area contributed by atoms with E-state index in [1.165, 1.54) is 0 Å². The second-order valence-corrected chi connectivity index (χ2v) is 10.5. The van der Waals surface area contributed by atoms with Crippen LogP contribution < -0.4 is 0 Å². The first kappa shape index (κ1) is 20.0. The minimum atomic E-state index is -0.850. The highest BCUT2D eigenvalue weighted by atomic mass is 16.5. The quantitative estimate of drug-likeness (QED) is 0.728. The van der Waals surface area contributed by atoms with Crippen molar-refractivity contribution >= 4 is 11.8 Å². The molecule has 1 aromatic carbocycles. The fraction of sp³-hybridized carbons (Fsp3) is 0.615. The lowest BCUT2D eigenvalue weighted by Gasteiger charge is -2.59. The molecule has 3 fully saturated rings. The highest BCUT2D eigenvalue weighted by molar-refractivity contribution is 5.94. The fourth-order valence-electron chi connectivity index (χ4n) is 7.64. The number of esters is 1. The molecule has 1 unspecified atom stereocenters. The third-order valence-corrected chi connectivity index (χ3v) is 9.30. The summed E-state index contributed by atoms with van der Waals surface area (Å²) in [7, 11) is 0. The SMILES string of the molecule is C[C@]12CC[C@H]3[C@@H](CCC4[C@@H](O)C(=O)C=C[C@@]43C)[C@@H]1CC[C@@H]2OC(=O)c1ccccc1. The molecule has 30 heavy (non-hydrogen) atoms. The molecule has 4 aliphatic carbocycles. The van der Waals surface area contributed by atoms with Crippen LogP contribution in [0, 0.1) is 34.5 Å². The molecule has 0 radical (unpaired) electrons. The lowest BCUT2D eigenvalue weighted by Crippen LogP contribution is -2.56. The van der Waals surface area contributed by atoms with Crippen molar-refractivity contribution < 1.29 is 19.4 Å². The Kier molecular flexibility index (Phi) is 4.70. The molecule has 0 heterocycles. The molecule has 1 N–H and O–H groups in total. The number of ketones is 1. The molecule has 0 bridgehead atoms. The largest absolute Gasteiger partial charge is 0.458 e. The Morgan fingerprint density at radius 1 is 1.00 bits per heavy atom. The summed E-state index contributed by atoms with van der Waals surface area (Å²) in [5, 5.41) is 10.6. The summed E-state index contributed by atoms with van der Waals surface area (Å²) in [6, 6.07) is 9.29. The maximum absolute atomic E-state index is 12.7. The summed E-state index contributed by atoms with van der Waals surface area (Å²) in [6.45, 7) is 4.58. The van der Waals surface area contributed by atoms with Gasteiger partial charge in [0.2, 0.25) is 0 Å². The van der Waals surface area contributed by atoms with Gasteiger partial charge in [0.15, 0.2) is 5.78 Å². The summed E-state index contributed by atoms with van der Waals surface area (Å²) in [5.41, 5.74) is 0.523. The van der Waals surface area contributed by atoms with E-state index in [1.54, 1.807) is 6.08 Å². The van der Waals surface area contributed by atoms with Gasteiger partial charge >= 0.3 is 5.97 Å². The van der Waals surface area contributed by atoms with Gasteiger partial charge in [0.05, 0.1) is 5.56 Å². The van der Waals surface area contributed by atoms with Gasteiger partial charge in [-0.25, -0.2) is 4.79 Å². The highest BCUT2D eigenvalue weighted by Gasteiger charge is 2.61. The lowest BCUT2D eigenvalue weighted by atomic mass is 9.46. The van der Waals surface area contributed by atoms with Gasteiger partial charge in [0.25, 0.3) is 0 Å². The van der Waals surface area contributed by atoms with Crippen molar-refractivity contribution in [3.63, 3.8) is 0 Å². The number of allylic oxidation sites excluding steroid dienone is 1. The summed E-state index contributed by atoms with van der Waals surface area (Å²) in [5.74, 6) is 1.27. The van der Waals surface area contributed by atoms with Crippen molar-refractivity contribution in [2.24, 2.45) is 34.5 Å². The Hall–Kier alpha value is -1.94. The van der Waals surface area contributed by atoms with Gasteiger partial charge in [-0.1, -0.05) is 38.1 Å². The number of hydrogen-bond acceptors (Lipinski definition) is 4. The van der Waals surface area contributed by atoms with E-state index in [1.807, 2.05) is 30.3 Å². The van der Waals surface area contributed by atoms with Gasteiger partial charge in [-0.05, 0) is 79.9 Å². The number of fused-ring (bicyclic) bond motifs is 5. The summed E-state index contributed by atoms with van der Waals surface area (Å²) in [4.78, 5) is 24.8. The molecule has 1 aromatic rings.